The summed E-state index contributed by atoms with van der Waals surface area (Å²) in [7, 11) is 0. The molecule has 1 amide bonds. The summed E-state index contributed by atoms with van der Waals surface area (Å²) in [6, 6.07) is 13.4. The van der Waals surface area contributed by atoms with Crippen LogP contribution in [0.5, 0.6) is 5.75 Å². The normalized spacial score (nSPS) is 10.6. The molecule has 3 rings (SSSR count). The lowest BCUT2D eigenvalue weighted by atomic mass is 10.2. The van der Waals surface area contributed by atoms with Crippen LogP contribution in [-0.2, 0) is 9.53 Å². The zero-order valence-corrected chi connectivity index (χ0v) is 14.3. The Kier molecular flexibility index (Phi) is 4.95. The van der Waals surface area contributed by atoms with Gasteiger partial charge in [0.25, 0.3) is 5.91 Å². The second-order valence-corrected chi connectivity index (χ2v) is 6.24. The maximum absolute atomic E-state index is 12.4. The number of aromatic nitrogens is 1. The van der Waals surface area contributed by atoms with Gasteiger partial charge in [-0.3, -0.25) is 9.69 Å². The maximum atomic E-state index is 12.4. The van der Waals surface area contributed by atoms with E-state index < -0.39 is 12.6 Å². The standard InChI is InChI=1S/C18H16N2O4S/c1-2-20(18-19-14-8-3-4-9-15(14)25-18)16(22)11-24-17(23)12-6-5-7-13(21)10-12/h3-10,21H,2,11H2,1H3. The third kappa shape index (κ3) is 3.77. The highest BCUT2D eigenvalue weighted by molar-refractivity contribution is 7.22. The zero-order chi connectivity index (χ0) is 17.8. The number of fused-ring (bicyclic) bond motifs is 1. The Morgan fingerprint density at radius 3 is 2.72 bits per heavy atom. The minimum atomic E-state index is -0.662. The molecule has 0 bridgehead atoms. The Morgan fingerprint density at radius 1 is 1.20 bits per heavy atom. The van der Waals surface area contributed by atoms with E-state index in [1.54, 1.807) is 0 Å². The topological polar surface area (TPSA) is 79.7 Å². The van der Waals surface area contributed by atoms with E-state index in [0.717, 1.165) is 10.2 Å². The molecule has 6 nitrogen and oxygen atoms in total. The number of hydrogen-bond donors (Lipinski definition) is 1. The van der Waals surface area contributed by atoms with Crippen molar-refractivity contribution in [2.24, 2.45) is 0 Å². The van der Waals surface area contributed by atoms with Crippen LogP contribution < -0.4 is 4.90 Å². The highest BCUT2D eigenvalue weighted by atomic mass is 32.1. The number of likely N-dealkylation sites (N-methyl/N-ethyl adjacent to an activating group) is 1. The summed E-state index contributed by atoms with van der Waals surface area (Å²) in [6.45, 7) is 1.86. The molecule has 3 aromatic rings. The average Bonchev–Trinajstić information content (AvgIpc) is 3.03. The van der Waals surface area contributed by atoms with Gasteiger partial charge in [0.15, 0.2) is 11.7 Å². The number of para-hydroxylation sites is 1. The molecule has 1 aromatic heterocycles. The minimum Gasteiger partial charge on any atom is -0.508 e. The van der Waals surface area contributed by atoms with Crippen LogP contribution in [0, 0.1) is 0 Å². The van der Waals surface area contributed by atoms with Crippen molar-refractivity contribution in [3.63, 3.8) is 0 Å². The van der Waals surface area contributed by atoms with Crippen molar-refractivity contribution in [3.8, 4) is 5.75 Å². The second kappa shape index (κ2) is 7.31. The van der Waals surface area contributed by atoms with E-state index in [1.807, 2.05) is 31.2 Å². The monoisotopic (exact) mass is 356 g/mol. The van der Waals surface area contributed by atoms with Crippen LogP contribution in [0.15, 0.2) is 48.5 Å². The van der Waals surface area contributed by atoms with Crippen LogP contribution in [0.3, 0.4) is 0 Å². The van der Waals surface area contributed by atoms with Gasteiger partial charge in [0.05, 0.1) is 15.8 Å². The Labute approximate surface area is 148 Å². The zero-order valence-electron chi connectivity index (χ0n) is 13.5. The molecule has 0 radical (unpaired) electrons. The molecule has 0 spiro atoms. The lowest BCUT2D eigenvalue weighted by Crippen LogP contribution is -2.34. The highest BCUT2D eigenvalue weighted by Crippen LogP contribution is 2.28. The van der Waals surface area contributed by atoms with Gasteiger partial charge in [0.1, 0.15) is 5.75 Å². The molecule has 0 aliphatic heterocycles. The van der Waals surface area contributed by atoms with Gasteiger partial charge in [-0.1, -0.05) is 29.5 Å². The number of aromatic hydroxyl groups is 1. The molecule has 1 heterocycles. The lowest BCUT2D eigenvalue weighted by molar-refractivity contribution is -0.121. The number of carbonyl (C=O) groups is 2. The number of anilines is 1. The Hall–Kier alpha value is -2.93. The van der Waals surface area contributed by atoms with Gasteiger partial charge in [-0.25, -0.2) is 9.78 Å². The molecule has 128 valence electrons. The molecular formula is C18H16N2O4S. The van der Waals surface area contributed by atoms with E-state index in [4.69, 9.17) is 4.74 Å². The second-order valence-electron chi connectivity index (χ2n) is 5.23. The van der Waals surface area contributed by atoms with Gasteiger partial charge < -0.3 is 9.84 Å². The van der Waals surface area contributed by atoms with Crippen LogP contribution in [0.4, 0.5) is 5.13 Å². The predicted octanol–water partition coefficient (Wildman–Crippen LogP) is 3.21. The summed E-state index contributed by atoms with van der Waals surface area (Å²) < 4.78 is 6.05. The fourth-order valence-corrected chi connectivity index (χ4v) is 3.36. The summed E-state index contributed by atoms with van der Waals surface area (Å²) >= 11 is 1.41. The predicted molar refractivity (Wildman–Crippen MR) is 96.0 cm³/mol. The fraction of sp³-hybridized carbons (Fsp3) is 0.167. The number of thiazole rings is 1. The molecule has 0 saturated carbocycles. The van der Waals surface area contributed by atoms with Crippen molar-refractivity contribution >= 4 is 38.6 Å². The SMILES string of the molecule is CCN(C(=O)COC(=O)c1cccc(O)c1)c1nc2ccccc2s1. The van der Waals surface area contributed by atoms with E-state index in [0.29, 0.717) is 11.7 Å². The maximum Gasteiger partial charge on any atom is 0.338 e. The third-order valence-corrected chi connectivity index (χ3v) is 4.60. The number of amides is 1. The molecule has 7 heteroatoms. The number of esters is 1. The van der Waals surface area contributed by atoms with Gasteiger partial charge in [-0.05, 0) is 37.3 Å². The third-order valence-electron chi connectivity index (χ3n) is 3.54. The van der Waals surface area contributed by atoms with Crippen molar-refractivity contribution in [2.75, 3.05) is 18.1 Å². The molecule has 0 unspecified atom stereocenters. The van der Waals surface area contributed by atoms with Crippen LogP contribution in [0.1, 0.15) is 17.3 Å². The number of phenolic OH excluding ortho intramolecular Hbond substituents is 1. The number of carbonyl (C=O) groups excluding carboxylic acids is 2. The molecular weight excluding hydrogens is 340 g/mol. The van der Waals surface area contributed by atoms with Crippen molar-refractivity contribution in [1.29, 1.82) is 0 Å². The van der Waals surface area contributed by atoms with Crippen LogP contribution in [0.25, 0.3) is 10.2 Å². The first-order chi connectivity index (χ1) is 12.1. The number of ether oxygens (including phenoxy) is 1. The quantitative estimate of drug-likeness (QED) is 0.710. The largest absolute Gasteiger partial charge is 0.508 e. The van der Waals surface area contributed by atoms with E-state index in [9.17, 15) is 14.7 Å². The number of phenols is 1. The Balaban J connectivity index is 1.69. The summed E-state index contributed by atoms with van der Waals surface area (Å²) in [4.78, 5) is 30.3. The number of rotatable bonds is 5. The van der Waals surface area contributed by atoms with Crippen LogP contribution >= 0.6 is 11.3 Å². The number of hydrogen-bond acceptors (Lipinski definition) is 6. The first-order valence-corrected chi connectivity index (χ1v) is 8.52. The molecule has 25 heavy (non-hydrogen) atoms. The molecule has 2 aromatic carbocycles. The molecule has 0 atom stereocenters. The first kappa shape index (κ1) is 16.9. The molecule has 0 aliphatic carbocycles. The van der Waals surface area contributed by atoms with E-state index >= 15 is 0 Å². The Bertz CT molecular complexity index is 889. The van der Waals surface area contributed by atoms with Crippen LogP contribution in [-0.4, -0.2) is 35.1 Å². The molecule has 0 fully saturated rings. The van der Waals surface area contributed by atoms with Crippen molar-refractivity contribution < 1.29 is 19.4 Å². The van der Waals surface area contributed by atoms with Crippen molar-refractivity contribution in [3.05, 3.63) is 54.1 Å². The van der Waals surface area contributed by atoms with Gasteiger partial charge in [0.2, 0.25) is 0 Å². The Morgan fingerprint density at radius 2 is 2.00 bits per heavy atom. The number of nitrogens with zero attached hydrogens (tertiary/aromatic N) is 2. The van der Waals surface area contributed by atoms with Gasteiger partial charge in [-0.2, -0.15) is 0 Å². The van der Waals surface area contributed by atoms with Crippen molar-refractivity contribution in [2.45, 2.75) is 6.92 Å². The molecule has 1 N–H and O–H groups in total. The highest BCUT2D eigenvalue weighted by Gasteiger charge is 2.20. The van der Waals surface area contributed by atoms with Gasteiger partial charge in [-0.15, -0.1) is 0 Å². The lowest BCUT2D eigenvalue weighted by Gasteiger charge is -2.17. The fourth-order valence-electron chi connectivity index (χ4n) is 2.32. The smallest absolute Gasteiger partial charge is 0.338 e. The van der Waals surface area contributed by atoms with E-state index in [2.05, 4.69) is 4.98 Å². The van der Waals surface area contributed by atoms with E-state index in [-0.39, 0.29) is 17.2 Å². The average molecular weight is 356 g/mol. The summed E-state index contributed by atoms with van der Waals surface area (Å²) in [5, 5.41) is 9.96. The van der Waals surface area contributed by atoms with Crippen LogP contribution in [0.2, 0.25) is 0 Å². The first-order valence-electron chi connectivity index (χ1n) is 7.70. The van der Waals surface area contributed by atoms with Gasteiger partial charge >= 0.3 is 5.97 Å². The van der Waals surface area contributed by atoms with E-state index in [1.165, 1.54) is 40.5 Å². The molecule has 0 saturated heterocycles. The number of benzene rings is 2. The van der Waals surface area contributed by atoms with Crippen molar-refractivity contribution in [1.82, 2.24) is 4.98 Å². The summed E-state index contributed by atoms with van der Waals surface area (Å²) in [5.41, 5.74) is 1.02. The summed E-state index contributed by atoms with van der Waals surface area (Å²) in [5.74, 6) is -1.05. The summed E-state index contributed by atoms with van der Waals surface area (Å²) in [6.07, 6.45) is 0. The molecule has 0 aliphatic rings. The van der Waals surface area contributed by atoms with Gasteiger partial charge in [0, 0.05) is 6.54 Å². The minimum absolute atomic E-state index is 0.0366.